The Balaban J connectivity index is 1.70. The summed E-state index contributed by atoms with van der Waals surface area (Å²) in [6.45, 7) is 4.82. The number of hydrogen-bond acceptors (Lipinski definition) is 2. The van der Waals surface area contributed by atoms with E-state index in [0.717, 1.165) is 46.1 Å². The number of unbranched alkanes of at least 4 members (excludes halogenated alkanes) is 1. The summed E-state index contributed by atoms with van der Waals surface area (Å²) in [4.78, 5) is 28.3. The maximum absolute atomic E-state index is 13.6. The number of carbonyl (C=O) groups excluding carboxylic acids is 2. The lowest BCUT2D eigenvalue weighted by molar-refractivity contribution is -0.122. The minimum absolute atomic E-state index is 0.0262. The fourth-order valence-electron chi connectivity index (χ4n) is 5.22. The van der Waals surface area contributed by atoms with Gasteiger partial charge in [-0.1, -0.05) is 79.6 Å². The van der Waals surface area contributed by atoms with Crippen LogP contribution in [0.25, 0.3) is 22.2 Å². The largest absolute Gasteiger partial charge is 0.355 e. The predicted molar refractivity (Wildman–Crippen MR) is 140 cm³/mol. The topological polar surface area (TPSA) is 54.3 Å². The number of rotatable bonds is 7. The van der Waals surface area contributed by atoms with Gasteiger partial charge in [0.2, 0.25) is 5.91 Å². The molecular formula is C30H31N3O2. The van der Waals surface area contributed by atoms with Gasteiger partial charge in [-0.3, -0.25) is 9.59 Å². The Morgan fingerprint density at radius 3 is 2.46 bits per heavy atom. The molecule has 1 atom stereocenters. The number of carbonyl (C=O) groups is 2. The SMILES string of the molecule is CCCCNC(=O)CN1C(=O)c2ccccc2[C@@H]1c1c(-c2ccc(C)cc2)n(C)c2ccccc12. The van der Waals surface area contributed by atoms with Gasteiger partial charge in [-0.05, 0) is 36.6 Å². The molecule has 4 aromatic rings. The van der Waals surface area contributed by atoms with Gasteiger partial charge in [-0.15, -0.1) is 0 Å². The molecule has 178 valence electrons. The molecule has 0 saturated heterocycles. The van der Waals surface area contributed by atoms with Crippen LogP contribution in [0.2, 0.25) is 0 Å². The number of aryl methyl sites for hydroxylation is 2. The molecule has 1 aliphatic rings. The number of amides is 2. The maximum Gasteiger partial charge on any atom is 0.255 e. The van der Waals surface area contributed by atoms with Gasteiger partial charge in [-0.2, -0.15) is 0 Å². The summed E-state index contributed by atoms with van der Waals surface area (Å²) in [5.74, 6) is -0.222. The summed E-state index contributed by atoms with van der Waals surface area (Å²) in [6, 6.07) is 24.2. The molecule has 2 amide bonds. The smallest absolute Gasteiger partial charge is 0.255 e. The van der Waals surface area contributed by atoms with Crippen LogP contribution in [0.3, 0.4) is 0 Å². The number of nitrogens with one attached hydrogen (secondary N) is 1. The Kier molecular flexibility index (Phi) is 6.16. The van der Waals surface area contributed by atoms with E-state index in [2.05, 4.69) is 67.2 Å². The highest BCUT2D eigenvalue weighted by Gasteiger charge is 2.41. The van der Waals surface area contributed by atoms with E-state index in [1.165, 1.54) is 5.56 Å². The molecule has 0 radical (unpaired) electrons. The molecule has 5 heteroatoms. The van der Waals surface area contributed by atoms with Crippen molar-refractivity contribution in [3.05, 3.63) is 95.1 Å². The van der Waals surface area contributed by atoms with Crippen LogP contribution >= 0.6 is 0 Å². The molecule has 5 rings (SSSR count). The number of aromatic nitrogens is 1. The molecular weight excluding hydrogens is 434 g/mol. The lowest BCUT2D eigenvalue weighted by atomic mass is 9.93. The van der Waals surface area contributed by atoms with Gasteiger partial charge in [0.25, 0.3) is 5.91 Å². The molecule has 3 aromatic carbocycles. The number of para-hydroxylation sites is 1. The second-order valence-electron chi connectivity index (χ2n) is 9.33. The predicted octanol–water partition coefficient (Wildman–Crippen LogP) is 5.62. The number of nitrogens with zero attached hydrogens (tertiary/aromatic N) is 2. The summed E-state index contributed by atoms with van der Waals surface area (Å²) in [5.41, 5.74) is 7.13. The third-order valence-corrected chi connectivity index (χ3v) is 6.97. The molecule has 0 bridgehead atoms. The first-order valence-electron chi connectivity index (χ1n) is 12.3. The van der Waals surface area contributed by atoms with Crippen LogP contribution < -0.4 is 5.32 Å². The molecule has 5 nitrogen and oxygen atoms in total. The van der Waals surface area contributed by atoms with Crippen LogP contribution in [0.1, 0.15) is 52.9 Å². The first-order valence-corrected chi connectivity index (χ1v) is 12.3. The van der Waals surface area contributed by atoms with Crippen LogP contribution in [0.15, 0.2) is 72.8 Å². The van der Waals surface area contributed by atoms with Crippen molar-refractivity contribution in [2.75, 3.05) is 13.1 Å². The van der Waals surface area contributed by atoms with Gasteiger partial charge in [0, 0.05) is 35.6 Å². The summed E-state index contributed by atoms with van der Waals surface area (Å²) in [7, 11) is 2.07. The minimum Gasteiger partial charge on any atom is -0.355 e. The van der Waals surface area contributed by atoms with E-state index in [1.807, 2.05) is 36.4 Å². The van der Waals surface area contributed by atoms with Crippen LogP contribution in [0, 0.1) is 6.92 Å². The van der Waals surface area contributed by atoms with E-state index in [0.29, 0.717) is 12.1 Å². The van der Waals surface area contributed by atoms with Crippen molar-refractivity contribution in [3.8, 4) is 11.3 Å². The molecule has 2 heterocycles. The Labute approximate surface area is 206 Å². The Hall–Kier alpha value is -3.86. The highest BCUT2D eigenvalue weighted by molar-refractivity contribution is 6.03. The monoisotopic (exact) mass is 465 g/mol. The highest BCUT2D eigenvalue weighted by atomic mass is 16.2. The van der Waals surface area contributed by atoms with Crippen molar-refractivity contribution in [2.24, 2.45) is 7.05 Å². The molecule has 1 N–H and O–H groups in total. The average molecular weight is 466 g/mol. The molecule has 35 heavy (non-hydrogen) atoms. The lowest BCUT2D eigenvalue weighted by Crippen LogP contribution is -2.40. The first kappa shape index (κ1) is 22.9. The zero-order valence-electron chi connectivity index (χ0n) is 20.5. The van der Waals surface area contributed by atoms with Gasteiger partial charge in [0.1, 0.15) is 6.54 Å². The Bertz CT molecular complexity index is 1400. The number of hydrogen-bond donors (Lipinski definition) is 1. The molecule has 0 fully saturated rings. The molecule has 1 aliphatic heterocycles. The standard InChI is InChI=1S/C30H31N3O2/c1-4-5-18-31-26(34)19-33-29(22-10-6-7-11-23(22)30(33)35)27-24-12-8-9-13-25(24)32(3)28(27)21-16-14-20(2)15-17-21/h6-17,29H,4-5,18-19H2,1-3H3,(H,31,34)/t29-/m1/s1. The summed E-state index contributed by atoms with van der Waals surface area (Å²) in [6.07, 6.45) is 1.93. The van der Waals surface area contributed by atoms with Gasteiger partial charge >= 0.3 is 0 Å². The summed E-state index contributed by atoms with van der Waals surface area (Å²) in [5, 5.41) is 4.08. The zero-order chi connectivity index (χ0) is 24.5. The van der Waals surface area contributed by atoms with E-state index in [1.54, 1.807) is 4.90 Å². The van der Waals surface area contributed by atoms with Crippen LogP contribution in [0.4, 0.5) is 0 Å². The number of fused-ring (bicyclic) bond motifs is 2. The molecule has 1 aromatic heterocycles. The van der Waals surface area contributed by atoms with Gasteiger partial charge in [-0.25, -0.2) is 0 Å². The normalized spacial score (nSPS) is 15.0. The van der Waals surface area contributed by atoms with E-state index in [9.17, 15) is 9.59 Å². The maximum atomic E-state index is 13.6. The van der Waals surface area contributed by atoms with Crippen molar-refractivity contribution in [3.63, 3.8) is 0 Å². The third kappa shape index (κ3) is 4.01. The van der Waals surface area contributed by atoms with Crippen molar-refractivity contribution in [2.45, 2.75) is 32.7 Å². The molecule has 0 unspecified atom stereocenters. The average Bonchev–Trinajstić information content (AvgIpc) is 3.31. The van der Waals surface area contributed by atoms with Crippen LogP contribution in [0.5, 0.6) is 0 Å². The lowest BCUT2D eigenvalue weighted by Gasteiger charge is -2.26. The Morgan fingerprint density at radius 2 is 1.69 bits per heavy atom. The quantitative estimate of drug-likeness (QED) is 0.361. The Morgan fingerprint density at radius 1 is 0.971 bits per heavy atom. The van der Waals surface area contributed by atoms with Crippen molar-refractivity contribution in [1.29, 1.82) is 0 Å². The van der Waals surface area contributed by atoms with E-state index >= 15 is 0 Å². The van der Waals surface area contributed by atoms with Gasteiger partial charge < -0.3 is 14.8 Å². The van der Waals surface area contributed by atoms with Crippen molar-refractivity contribution in [1.82, 2.24) is 14.8 Å². The van der Waals surface area contributed by atoms with Gasteiger partial charge in [0.15, 0.2) is 0 Å². The third-order valence-electron chi connectivity index (χ3n) is 6.97. The number of benzene rings is 3. The fourth-order valence-corrected chi connectivity index (χ4v) is 5.22. The highest BCUT2D eigenvalue weighted by Crippen LogP contribution is 2.46. The van der Waals surface area contributed by atoms with Crippen molar-refractivity contribution >= 4 is 22.7 Å². The van der Waals surface area contributed by atoms with E-state index in [-0.39, 0.29) is 24.4 Å². The summed E-state index contributed by atoms with van der Waals surface area (Å²) < 4.78 is 2.21. The molecule has 0 aliphatic carbocycles. The first-order chi connectivity index (χ1) is 17.0. The van der Waals surface area contributed by atoms with E-state index in [4.69, 9.17) is 0 Å². The second kappa shape index (κ2) is 9.41. The van der Waals surface area contributed by atoms with Crippen LogP contribution in [-0.2, 0) is 11.8 Å². The molecule has 0 saturated carbocycles. The van der Waals surface area contributed by atoms with Crippen LogP contribution in [-0.4, -0.2) is 34.4 Å². The second-order valence-corrected chi connectivity index (χ2v) is 9.33. The van der Waals surface area contributed by atoms with Crippen molar-refractivity contribution < 1.29 is 9.59 Å². The molecule has 0 spiro atoms. The van der Waals surface area contributed by atoms with Gasteiger partial charge in [0.05, 0.1) is 11.7 Å². The zero-order valence-corrected chi connectivity index (χ0v) is 20.5. The minimum atomic E-state index is -0.349. The fraction of sp³-hybridized carbons (Fsp3) is 0.267. The van der Waals surface area contributed by atoms with E-state index < -0.39 is 0 Å². The summed E-state index contributed by atoms with van der Waals surface area (Å²) >= 11 is 0.